The lowest BCUT2D eigenvalue weighted by Gasteiger charge is -2.01. The Morgan fingerprint density at radius 3 is 1.81 bits per heavy atom. The zero-order chi connectivity index (χ0) is 17.7. The van der Waals surface area contributed by atoms with Crippen LogP contribution >= 0.6 is 0 Å². The van der Waals surface area contributed by atoms with E-state index in [0.29, 0.717) is 0 Å². The van der Waals surface area contributed by atoms with Crippen LogP contribution in [0.3, 0.4) is 0 Å². The molecule has 0 aliphatic heterocycles. The van der Waals surface area contributed by atoms with Crippen molar-refractivity contribution in [2.24, 2.45) is 7.05 Å². The van der Waals surface area contributed by atoms with Gasteiger partial charge in [0.15, 0.2) is 0 Å². The Kier molecular flexibility index (Phi) is 2.23. The van der Waals surface area contributed by atoms with Gasteiger partial charge in [-0.2, -0.15) is 0 Å². The maximum Gasteiger partial charge on any atom is 0.0628 e. The van der Waals surface area contributed by atoms with Gasteiger partial charge in [-0.05, 0) is 24.3 Å². The lowest BCUT2D eigenvalue weighted by Crippen LogP contribution is -1.86. The minimum Gasteiger partial charge on any atom is -0.344 e. The molecule has 0 saturated carbocycles. The fraction of sp³-hybridized carbons (Fsp3) is 0.0400. The van der Waals surface area contributed by atoms with E-state index >= 15 is 0 Å². The molecule has 27 heavy (non-hydrogen) atoms. The van der Waals surface area contributed by atoms with Crippen LogP contribution < -0.4 is 0 Å². The SMILES string of the molecule is Cn1c2ccccc2c2c3c4ccccc4n4c5ccccc5c(cc21)c34. The monoisotopic (exact) mass is 344 g/mol. The Morgan fingerprint density at radius 2 is 1.07 bits per heavy atom. The zero-order valence-corrected chi connectivity index (χ0v) is 14.9. The quantitative estimate of drug-likeness (QED) is 0.298. The number of fused-ring (bicyclic) bond motifs is 10. The summed E-state index contributed by atoms with van der Waals surface area (Å²) in [5, 5.41) is 8.09. The van der Waals surface area contributed by atoms with E-state index in [2.05, 4.69) is 94.9 Å². The van der Waals surface area contributed by atoms with Crippen molar-refractivity contribution in [2.45, 2.75) is 0 Å². The van der Waals surface area contributed by atoms with Gasteiger partial charge in [-0.15, -0.1) is 0 Å². The van der Waals surface area contributed by atoms with Crippen LogP contribution in [0.4, 0.5) is 0 Å². The fourth-order valence-corrected chi connectivity index (χ4v) is 5.15. The molecule has 0 aliphatic rings. The molecular weight excluding hydrogens is 328 g/mol. The van der Waals surface area contributed by atoms with Gasteiger partial charge in [0, 0.05) is 44.9 Å². The maximum absolute atomic E-state index is 2.45. The van der Waals surface area contributed by atoms with E-state index in [4.69, 9.17) is 0 Å². The molecule has 0 N–H and O–H groups in total. The van der Waals surface area contributed by atoms with E-state index in [1.165, 1.54) is 59.9 Å². The molecule has 7 rings (SSSR count). The molecule has 0 radical (unpaired) electrons. The Morgan fingerprint density at radius 1 is 0.519 bits per heavy atom. The van der Waals surface area contributed by atoms with Gasteiger partial charge >= 0.3 is 0 Å². The predicted octanol–water partition coefficient (Wildman–Crippen LogP) is 6.48. The largest absolute Gasteiger partial charge is 0.344 e. The van der Waals surface area contributed by atoms with Crippen LogP contribution in [0.5, 0.6) is 0 Å². The highest BCUT2D eigenvalue weighted by Gasteiger charge is 2.22. The standard InChI is InChI=1S/C25H16N2/c1-26-19-11-5-3-9-16(19)23-22(26)14-18-15-8-2-6-12-20(15)27-21-13-7-4-10-17(21)24(23)25(18)27/h2-14H,1H3. The van der Waals surface area contributed by atoms with Gasteiger partial charge < -0.3 is 8.97 Å². The Hall–Kier alpha value is -3.52. The summed E-state index contributed by atoms with van der Waals surface area (Å²) in [6.07, 6.45) is 0. The van der Waals surface area contributed by atoms with Gasteiger partial charge in [-0.3, -0.25) is 0 Å². The summed E-state index contributed by atoms with van der Waals surface area (Å²) in [4.78, 5) is 0. The molecule has 0 spiro atoms. The van der Waals surface area contributed by atoms with Crippen LogP contribution in [-0.2, 0) is 7.05 Å². The summed E-state index contributed by atoms with van der Waals surface area (Å²) in [6.45, 7) is 0. The van der Waals surface area contributed by atoms with Gasteiger partial charge in [0.05, 0.1) is 22.1 Å². The van der Waals surface area contributed by atoms with Crippen LogP contribution in [0.2, 0.25) is 0 Å². The molecular formula is C25H16N2. The normalized spacial score (nSPS) is 12.6. The predicted molar refractivity (Wildman–Crippen MR) is 115 cm³/mol. The molecule has 2 heteroatoms. The lowest BCUT2D eigenvalue weighted by atomic mass is 10.0. The van der Waals surface area contributed by atoms with Crippen LogP contribution in [0, 0.1) is 0 Å². The van der Waals surface area contributed by atoms with Crippen molar-refractivity contribution in [1.29, 1.82) is 0 Å². The van der Waals surface area contributed by atoms with Crippen LogP contribution in [0.1, 0.15) is 0 Å². The first kappa shape index (κ1) is 13.7. The average Bonchev–Trinajstić information content (AvgIpc) is 3.33. The molecule has 126 valence electrons. The number of para-hydroxylation sites is 3. The minimum atomic E-state index is 1.29. The summed E-state index contributed by atoms with van der Waals surface area (Å²) in [5.41, 5.74) is 6.52. The van der Waals surface area contributed by atoms with Crippen molar-refractivity contribution in [2.75, 3.05) is 0 Å². The molecule has 0 amide bonds. The Bertz CT molecular complexity index is 1680. The highest BCUT2D eigenvalue weighted by molar-refractivity contribution is 6.35. The number of nitrogens with zero attached hydrogens (tertiary/aromatic N) is 2. The smallest absolute Gasteiger partial charge is 0.0628 e. The molecule has 2 nitrogen and oxygen atoms in total. The lowest BCUT2D eigenvalue weighted by molar-refractivity contribution is 1.02. The summed E-state index contributed by atoms with van der Waals surface area (Å²) in [7, 11) is 2.18. The molecule has 0 saturated heterocycles. The highest BCUT2D eigenvalue weighted by Crippen LogP contribution is 2.45. The number of hydrogen-bond acceptors (Lipinski definition) is 0. The molecule has 0 bridgehead atoms. The molecule has 3 aromatic heterocycles. The van der Waals surface area contributed by atoms with E-state index in [1.807, 2.05) is 0 Å². The topological polar surface area (TPSA) is 9.34 Å². The van der Waals surface area contributed by atoms with E-state index in [0.717, 1.165) is 0 Å². The van der Waals surface area contributed by atoms with Crippen molar-refractivity contribution >= 4 is 59.9 Å². The zero-order valence-electron chi connectivity index (χ0n) is 14.9. The summed E-state index contributed by atoms with van der Waals surface area (Å²) < 4.78 is 4.80. The fourth-order valence-electron chi connectivity index (χ4n) is 5.15. The third-order valence-corrected chi connectivity index (χ3v) is 6.25. The maximum atomic E-state index is 2.45. The van der Waals surface area contributed by atoms with Gasteiger partial charge in [-0.25, -0.2) is 0 Å². The van der Waals surface area contributed by atoms with Gasteiger partial charge in [0.1, 0.15) is 0 Å². The second-order valence-corrected chi connectivity index (χ2v) is 7.49. The number of aryl methyl sites for hydroxylation is 1. The highest BCUT2D eigenvalue weighted by atomic mass is 15.0. The molecule has 4 aromatic carbocycles. The van der Waals surface area contributed by atoms with Crippen molar-refractivity contribution in [3.8, 4) is 0 Å². The number of rotatable bonds is 0. The van der Waals surface area contributed by atoms with Crippen molar-refractivity contribution in [3.63, 3.8) is 0 Å². The van der Waals surface area contributed by atoms with E-state index in [-0.39, 0.29) is 0 Å². The van der Waals surface area contributed by atoms with Gasteiger partial charge in [0.25, 0.3) is 0 Å². The third-order valence-electron chi connectivity index (χ3n) is 6.25. The minimum absolute atomic E-state index is 1.29. The average molecular weight is 344 g/mol. The Balaban J connectivity index is 1.99. The van der Waals surface area contributed by atoms with Gasteiger partial charge in [0.2, 0.25) is 0 Å². The first-order valence-electron chi connectivity index (χ1n) is 9.37. The van der Waals surface area contributed by atoms with E-state index in [9.17, 15) is 0 Å². The van der Waals surface area contributed by atoms with Crippen molar-refractivity contribution in [3.05, 3.63) is 78.9 Å². The second-order valence-electron chi connectivity index (χ2n) is 7.49. The number of benzene rings is 4. The summed E-state index contributed by atoms with van der Waals surface area (Å²) in [6, 6.07) is 28.7. The molecule has 0 atom stereocenters. The Labute approximate surface area is 155 Å². The first-order chi connectivity index (χ1) is 13.3. The summed E-state index contributed by atoms with van der Waals surface area (Å²) in [5.74, 6) is 0. The summed E-state index contributed by atoms with van der Waals surface area (Å²) >= 11 is 0. The van der Waals surface area contributed by atoms with Crippen LogP contribution in [0.25, 0.3) is 59.9 Å². The van der Waals surface area contributed by atoms with Gasteiger partial charge in [-0.1, -0.05) is 54.6 Å². The molecule has 0 unspecified atom stereocenters. The first-order valence-corrected chi connectivity index (χ1v) is 9.37. The van der Waals surface area contributed by atoms with Crippen LogP contribution in [-0.4, -0.2) is 8.97 Å². The molecule has 3 heterocycles. The second kappa shape index (κ2) is 4.41. The number of aromatic nitrogens is 2. The van der Waals surface area contributed by atoms with Crippen molar-refractivity contribution < 1.29 is 0 Å². The molecule has 7 aromatic rings. The van der Waals surface area contributed by atoms with E-state index in [1.54, 1.807) is 0 Å². The van der Waals surface area contributed by atoms with Crippen molar-refractivity contribution in [1.82, 2.24) is 8.97 Å². The third kappa shape index (κ3) is 1.42. The van der Waals surface area contributed by atoms with Crippen LogP contribution in [0.15, 0.2) is 78.9 Å². The van der Waals surface area contributed by atoms with E-state index < -0.39 is 0 Å². The molecule has 0 fully saturated rings. The molecule has 0 aliphatic carbocycles. The number of hydrogen-bond donors (Lipinski definition) is 0.